The Labute approximate surface area is 280 Å². The molecule has 2 fully saturated rings. The summed E-state index contributed by atoms with van der Waals surface area (Å²) >= 11 is 6.79. The summed E-state index contributed by atoms with van der Waals surface area (Å²) in [7, 11) is 0. The van der Waals surface area contributed by atoms with E-state index in [1.54, 1.807) is 0 Å². The monoisotopic (exact) mass is 667 g/mol. The molecule has 2 aliphatic carbocycles. The van der Waals surface area contributed by atoms with E-state index in [1.807, 2.05) is 36.7 Å². The summed E-state index contributed by atoms with van der Waals surface area (Å²) in [5, 5.41) is 54.9. The fraction of sp³-hybridized carbons (Fsp3) is 0.500. The lowest BCUT2D eigenvalue weighted by Gasteiger charge is -2.25. The van der Waals surface area contributed by atoms with Gasteiger partial charge in [0.05, 0.1) is 18.8 Å². The number of aliphatic hydroxyl groups is 5. The minimum atomic E-state index is -1.73. The number of aromatic nitrogens is 1. The Morgan fingerprint density at radius 3 is 2.49 bits per heavy atom. The average Bonchev–Trinajstić information content (AvgIpc) is 4.03. The third-order valence-corrected chi connectivity index (χ3v) is 9.49. The van der Waals surface area contributed by atoms with Crippen LogP contribution in [0, 0.1) is 6.92 Å². The molecular weight excluding hydrogens is 622 g/mol. The van der Waals surface area contributed by atoms with Gasteiger partial charge in [-0.15, -0.1) is 0 Å². The van der Waals surface area contributed by atoms with Crippen LogP contribution < -0.4 is 15.4 Å². The van der Waals surface area contributed by atoms with Gasteiger partial charge in [-0.3, -0.25) is 9.78 Å². The minimum absolute atomic E-state index is 0.179. The number of hydrogen-bond acceptors (Lipinski definition) is 9. The van der Waals surface area contributed by atoms with E-state index in [2.05, 4.69) is 40.7 Å². The molecule has 1 heterocycles. The zero-order chi connectivity index (χ0) is 33.6. The molecule has 11 heteroatoms. The lowest BCUT2D eigenvalue weighted by atomic mass is 9.94. The SMILES string of the molecule is Cc1cc(CNC2(c3cnccc3-c3ccccc3OC3CC3)CC2)c(Cl)cc1CCCCC(=O)NCC(O)C(O)C(O)C(O)CO. The van der Waals surface area contributed by atoms with Gasteiger partial charge in [-0.2, -0.15) is 0 Å². The maximum absolute atomic E-state index is 12.2. The van der Waals surface area contributed by atoms with Gasteiger partial charge >= 0.3 is 0 Å². The Bertz CT molecular complexity index is 1510. The molecular formula is C36H46ClN3O7. The van der Waals surface area contributed by atoms with E-state index in [9.17, 15) is 25.2 Å². The average molecular weight is 668 g/mol. The van der Waals surface area contributed by atoms with E-state index in [0.29, 0.717) is 24.1 Å². The zero-order valence-electron chi connectivity index (χ0n) is 26.7. The maximum atomic E-state index is 12.2. The van der Waals surface area contributed by atoms with E-state index in [-0.39, 0.29) is 24.4 Å². The zero-order valence-corrected chi connectivity index (χ0v) is 27.5. The van der Waals surface area contributed by atoms with Crippen LogP contribution in [0.4, 0.5) is 0 Å². The van der Waals surface area contributed by atoms with Gasteiger partial charge in [0, 0.05) is 48.0 Å². The minimum Gasteiger partial charge on any atom is -0.490 e. The highest BCUT2D eigenvalue weighted by Gasteiger charge is 2.46. The Balaban J connectivity index is 1.12. The number of ether oxygens (including phenoxy) is 1. The molecule has 10 nitrogen and oxygen atoms in total. The first-order valence-electron chi connectivity index (χ1n) is 16.4. The summed E-state index contributed by atoms with van der Waals surface area (Å²) in [6.07, 6.45) is 4.18. The number of benzene rings is 2. The molecule has 0 spiro atoms. The van der Waals surface area contributed by atoms with Crippen molar-refractivity contribution in [3.63, 3.8) is 0 Å². The number of carbonyl (C=O) groups is 1. The van der Waals surface area contributed by atoms with Crippen LogP contribution in [-0.2, 0) is 23.3 Å². The van der Waals surface area contributed by atoms with Crippen molar-refractivity contribution < 1.29 is 35.1 Å². The number of pyridine rings is 1. The maximum Gasteiger partial charge on any atom is 0.220 e. The van der Waals surface area contributed by atoms with Gasteiger partial charge in [0.25, 0.3) is 0 Å². The van der Waals surface area contributed by atoms with Crippen molar-refractivity contribution in [2.24, 2.45) is 0 Å². The van der Waals surface area contributed by atoms with Crippen LogP contribution in [0.3, 0.4) is 0 Å². The lowest BCUT2D eigenvalue weighted by molar-refractivity contribution is -0.126. The smallest absolute Gasteiger partial charge is 0.220 e. The predicted molar refractivity (Wildman–Crippen MR) is 179 cm³/mol. The van der Waals surface area contributed by atoms with Crippen LogP contribution in [0.15, 0.2) is 54.9 Å². The summed E-state index contributed by atoms with van der Waals surface area (Å²) < 4.78 is 6.24. The van der Waals surface area contributed by atoms with E-state index in [4.69, 9.17) is 21.4 Å². The predicted octanol–water partition coefficient (Wildman–Crippen LogP) is 3.30. The number of amides is 1. The largest absolute Gasteiger partial charge is 0.490 e. The highest BCUT2D eigenvalue weighted by molar-refractivity contribution is 6.31. The molecule has 7 N–H and O–H groups in total. The molecule has 47 heavy (non-hydrogen) atoms. The second-order valence-electron chi connectivity index (χ2n) is 12.9. The fourth-order valence-electron chi connectivity index (χ4n) is 5.88. The Morgan fingerprint density at radius 2 is 1.77 bits per heavy atom. The standard InChI is InChI=1S/C36H46ClN3O7/c1-22-16-24(29(37)17-23(22)6-2-5-9-33(44)39-20-30(42)34(45)35(46)31(43)21-41)18-40-36(13-14-36)28-19-38-15-12-26(28)27-7-3-4-8-32(27)47-25-10-11-25/h3-4,7-8,12,15-17,19,25,30-31,34-35,40-43,45-46H,2,5-6,9-11,13-14,18,20-21H2,1H3,(H,39,44). The number of nitrogens with one attached hydrogen (secondary N) is 2. The van der Waals surface area contributed by atoms with Crippen molar-refractivity contribution in [3.05, 3.63) is 82.1 Å². The van der Waals surface area contributed by atoms with Crippen LogP contribution in [0.25, 0.3) is 11.1 Å². The van der Waals surface area contributed by atoms with Crippen molar-refractivity contribution in [1.29, 1.82) is 0 Å². The Kier molecular flexibility index (Phi) is 11.9. The first-order valence-corrected chi connectivity index (χ1v) is 16.8. The number of carbonyl (C=O) groups excluding carboxylic acids is 1. The second kappa shape index (κ2) is 15.9. The molecule has 0 bridgehead atoms. The summed E-state index contributed by atoms with van der Waals surface area (Å²) in [4.78, 5) is 16.7. The number of nitrogens with zero attached hydrogens (tertiary/aromatic N) is 1. The molecule has 4 unspecified atom stereocenters. The molecule has 0 saturated heterocycles. The molecule has 2 aliphatic rings. The van der Waals surface area contributed by atoms with Crippen LogP contribution >= 0.6 is 11.6 Å². The lowest BCUT2D eigenvalue weighted by Crippen LogP contribution is -2.49. The van der Waals surface area contributed by atoms with Crippen LogP contribution in [0.2, 0.25) is 5.02 Å². The molecule has 2 saturated carbocycles. The van der Waals surface area contributed by atoms with Crippen molar-refractivity contribution in [3.8, 4) is 16.9 Å². The van der Waals surface area contributed by atoms with Gasteiger partial charge in [0.1, 0.15) is 24.1 Å². The second-order valence-corrected chi connectivity index (χ2v) is 13.3. The molecule has 1 amide bonds. The highest BCUT2D eigenvalue weighted by Crippen LogP contribution is 2.50. The number of halogens is 1. The number of aliphatic hydroxyl groups excluding tert-OH is 5. The van der Waals surface area contributed by atoms with E-state index in [1.165, 1.54) is 5.56 Å². The molecule has 3 aromatic rings. The van der Waals surface area contributed by atoms with Crippen molar-refractivity contribution in [1.82, 2.24) is 15.6 Å². The number of unbranched alkanes of at least 4 members (excludes halogenated alkanes) is 1. The first-order chi connectivity index (χ1) is 22.6. The third kappa shape index (κ3) is 9.08. The van der Waals surface area contributed by atoms with E-state index < -0.39 is 31.0 Å². The van der Waals surface area contributed by atoms with E-state index in [0.717, 1.165) is 72.1 Å². The summed E-state index contributed by atoms with van der Waals surface area (Å²) in [6, 6.07) is 14.5. The van der Waals surface area contributed by atoms with Gasteiger partial charge in [-0.05, 0) is 97.9 Å². The van der Waals surface area contributed by atoms with Crippen molar-refractivity contribution >= 4 is 17.5 Å². The van der Waals surface area contributed by atoms with Crippen molar-refractivity contribution in [2.45, 2.75) is 101 Å². The Morgan fingerprint density at radius 1 is 1.02 bits per heavy atom. The number of rotatable bonds is 18. The number of para-hydroxylation sites is 1. The number of hydrogen-bond donors (Lipinski definition) is 7. The van der Waals surface area contributed by atoms with Gasteiger partial charge in [-0.25, -0.2) is 0 Å². The van der Waals surface area contributed by atoms with Gasteiger partial charge in [0.15, 0.2) is 0 Å². The summed E-state index contributed by atoms with van der Waals surface area (Å²) in [5.41, 5.74) is 6.50. The van der Waals surface area contributed by atoms with Gasteiger partial charge in [0.2, 0.25) is 5.91 Å². The topological polar surface area (TPSA) is 164 Å². The molecule has 1 aromatic heterocycles. The molecule has 2 aromatic carbocycles. The van der Waals surface area contributed by atoms with Crippen LogP contribution in [0.5, 0.6) is 5.75 Å². The normalized spacial score (nSPS) is 17.9. The van der Waals surface area contributed by atoms with Gasteiger partial charge < -0.3 is 40.9 Å². The van der Waals surface area contributed by atoms with E-state index >= 15 is 0 Å². The molecule has 0 radical (unpaired) electrons. The fourth-order valence-corrected chi connectivity index (χ4v) is 6.13. The first kappa shape index (κ1) is 35.2. The number of aryl methyl sites for hydroxylation is 2. The Hall–Kier alpha value is -3.09. The van der Waals surface area contributed by atoms with Crippen molar-refractivity contribution in [2.75, 3.05) is 13.2 Å². The van der Waals surface area contributed by atoms with Crippen LogP contribution in [0.1, 0.15) is 67.2 Å². The molecule has 0 aliphatic heterocycles. The summed E-state index contributed by atoms with van der Waals surface area (Å²) in [6.45, 7) is 1.64. The third-order valence-electron chi connectivity index (χ3n) is 9.14. The highest BCUT2D eigenvalue weighted by atomic mass is 35.5. The quantitative estimate of drug-likeness (QED) is 0.101. The summed E-state index contributed by atoms with van der Waals surface area (Å²) in [5.74, 6) is 0.619. The molecule has 4 atom stereocenters. The molecule has 254 valence electrons. The van der Waals surface area contributed by atoms with Gasteiger partial charge in [-0.1, -0.05) is 35.9 Å². The van der Waals surface area contributed by atoms with Crippen LogP contribution in [-0.4, -0.2) is 80.1 Å². The molecule has 5 rings (SSSR count).